The molecule has 2 atom stereocenters. The summed E-state index contributed by atoms with van der Waals surface area (Å²) in [5.41, 5.74) is 2.51. The molecular formula is C24H24Br8O2. The maximum atomic E-state index is 6.10. The lowest BCUT2D eigenvalue weighted by molar-refractivity contribution is 0.317. The van der Waals surface area contributed by atoms with E-state index in [2.05, 4.69) is 152 Å². The summed E-state index contributed by atoms with van der Waals surface area (Å²) in [6, 6.07) is 8.95. The van der Waals surface area contributed by atoms with Gasteiger partial charge in [-0.3, -0.25) is 0 Å². The Kier molecular flexibility index (Phi) is 12.8. The van der Waals surface area contributed by atoms with Crippen LogP contribution in [0.1, 0.15) is 43.2 Å². The number of halogens is 8. The molecule has 1 aliphatic carbocycles. The maximum absolute atomic E-state index is 6.10. The lowest BCUT2D eigenvalue weighted by Crippen LogP contribution is -2.30. The zero-order valence-electron chi connectivity index (χ0n) is 18.2. The van der Waals surface area contributed by atoms with Gasteiger partial charge in [-0.1, -0.05) is 83.0 Å². The van der Waals surface area contributed by atoms with Gasteiger partial charge in [-0.25, -0.2) is 0 Å². The fourth-order valence-electron chi connectivity index (χ4n) is 4.28. The Hall–Kier alpha value is 1.88. The van der Waals surface area contributed by atoms with Crippen molar-refractivity contribution in [1.29, 1.82) is 0 Å². The number of benzene rings is 2. The van der Waals surface area contributed by atoms with Crippen molar-refractivity contribution < 1.29 is 9.47 Å². The molecule has 3 rings (SSSR count). The number of alkyl halides is 4. The molecule has 188 valence electrons. The predicted molar refractivity (Wildman–Crippen MR) is 172 cm³/mol. The molecule has 34 heavy (non-hydrogen) atoms. The minimum atomic E-state index is -0.0764. The van der Waals surface area contributed by atoms with Crippen LogP contribution in [0.2, 0.25) is 0 Å². The third-order valence-corrected chi connectivity index (χ3v) is 12.8. The molecule has 0 N–H and O–H groups in total. The fraction of sp³-hybridized carbons (Fsp3) is 0.500. The molecule has 0 heterocycles. The van der Waals surface area contributed by atoms with Crippen LogP contribution < -0.4 is 9.47 Å². The Labute approximate surface area is 269 Å². The van der Waals surface area contributed by atoms with Crippen molar-refractivity contribution in [1.82, 2.24) is 0 Å². The monoisotopic (exact) mass is 976 g/mol. The van der Waals surface area contributed by atoms with Crippen molar-refractivity contribution in [2.24, 2.45) is 0 Å². The lowest BCUT2D eigenvalue weighted by Gasteiger charge is -2.39. The first-order chi connectivity index (χ1) is 16.2. The standard InChI is InChI=1S/C24H24Br8O2/c25-10-16(27)12-33-22-18(29)6-14(7-19(22)30)24(4-2-1-3-5-24)15-8-20(31)23(21(32)9-15)34-13-17(28)11-26/h6-9,16-17H,1-5,10-13H2. The van der Waals surface area contributed by atoms with E-state index in [0.29, 0.717) is 13.2 Å². The van der Waals surface area contributed by atoms with E-state index in [1.54, 1.807) is 0 Å². The topological polar surface area (TPSA) is 18.5 Å². The Bertz CT molecular complexity index is 860. The van der Waals surface area contributed by atoms with Gasteiger partial charge < -0.3 is 9.47 Å². The number of hydrogen-bond donors (Lipinski definition) is 0. The molecule has 0 radical (unpaired) electrons. The SMILES string of the molecule is BrCC(Br)COc1c(Br)cc(C2(c3cc(Br)c(OCC(Br)CBr)c(Br)c3)CCCCC2)cc1Br. The summed E-state index contributed by atoms with van der Waals surface area (Å²) in [6.45, 7) is 1.16. The molecule has 0 saturated heterocycles. The predicted octanol–water partition coefficient (Wildman–Crippen LogP) is 11.1. The van der Waals surface area contributed by atoms with Crippen molar-refractivity contribution >= 4 is 127 Å². The summed E-state index contributed by atoms with van der Waals surface area (Å²) in [6.07, 6.45) is 5.88. The van der Waals surface area contributed by atoms with Crippen LogP contribution in [0.4, 0.5) is 0 Å². The van der Waals surface area contributed by atoms with Crippen LogP contribution >= 0.6 is 127 Å². The number of ether oxygens (including phenoxy) is 2. The second-order valence-electron chi connectivity index (χ2n) is 8.31. The molecule has 2 unspecified atom stereocenters. The first kappa shape index (κ1) is 30.4. The summed E-state index contributed by atoms with van der Waals surface area (Å²) >= 11 is 29.3. The van der Waals surface area contributed by atoms with Crippen LogP contribution in [0.5, 0.6) is 11.5 Å². The Balaban J connectivity index is 2.00. The molecule has 2 aromatic carbocycles. The molecule has 0 amide bonds. The Morgan fingerprint density at radius 3 is 1.32 bits per heavy atom. The van der Waals surface area contributed by atoms with Crippen molar-refractivity contribution in [2.45, 2.75) is 47.2 Å². The van der Waals surface area contributed by atoms with Crippen molar-refractivity contribution in [2.75, 3.05) is 23.9 Å². The maximum Gasteiger partial charge on any atom is 0.147 e. The van der Waals surface area contributed by atoms with Gasteiger partial charge in [0.2, 0.25) is 0 Å². The minimum Gasteiger partial charge on any atom is -0.490 e. The molecule has 0 spiro atoms. The number of hydrogen-bond acceptors (Lipinski definition) is 2. The fourth-order valence-corrected chi connectivity index (χ4v) is 7.75. The smallest absolute Gasteiger partial charge is 0.147 e. The normalized spacial score (nSPS) is 17.3. The second kappa shape index (κ2) is 14.3. The zero-order chi connectivity index (χ0) is 24.9. The van der Waals surface area contributed by atoms with Gasteiger partial charge in [-0.15, -0.1) is 0 Å². The lowest BCUT2D eigenvalue weighted by atomic mass is 9.65. The first-order valence-corrected chi connectivity index (χ1v) is 18.1. The zero-order valence-corrected chi connectivity index (χ0v) is 30.9. The van der Waals surface area contributed by atoms with Gasteiger partial charge in [0.1, 0.15) is 24.7 Å². The van der Waals surface area contributed by atoms with E-state index in [4.69, 9.17) is 9.47 Å². The molecular weight excluding hydrogens is 959 g/mol. The highest BCUT2D eigenvalue weighted by molar-refractivity contribution is 9.12. The average molecular weight is 984 g/mol. The van der Waals surface area contributed by atoms with Crippen molar-refractivity contribution in [3.63, 3.8) is 0 Å². The van der Waals surface area contributed by atoms with Gasteiger partial charge in [0.05, 0.1) is 27.5 Å². The summed E-state index contributed by atoms with van der Waals surface area (Å²) in [5.74, 6) is 1.67. The molecule has 0 bridgehead atoms. The Morgan fingerprint density at radius 2 is 1.00 bits per heavy atom. The highest BCUT2D eigenvalue weighted by Crippen LogP contribution is 2.50. The quantitative estimate of drug-likeness (QED) is 0.221. The Morgan fingerprint density at radius 1 is 0.647 bits per heavy atom. The molecule has 1 saturated carbocycles. The molecule has 1 fully saturated rings. The van der Waals surface area contributed by atoms with Crippen molar-refractivity contribution in [3.05, 3.63) is 53.3 Å². The van der Waals surface area contributed by atoms with E-state index in [0.717, 1.165) is 52.9 Å². The van der Waals surface area contributed by atoms with Crippen molar-refractivity contribution in [3.8, 4) is 11.5 Å². The van der Waals surface area contributed by atoms with Crippen LogP contribution in [0.25, 0.3) is 0 Å². The summed E-state index contributed by atoms with van der Waals surface area (Å²) < 4.78 is 16.1. The van der Waals surface area contributed by atoms with Crippen LogP contribution in [0, 0.1) is 0 Å². The number of rotatable bonds is 10. The minimum absolute atomic E-state index is 0.0764. The van der Waals surface area contributed by atoms with E-state index in [1.165, 1.54) is 30.4 Å². The largest absolute Gasteiger partial charge is 0.490 e. The van der Waals surface area contributed by atoms with Gasteiger partial charge in [0, 0.05) is 16.1 Å². The first-order valence-electron chi connectivity index (χ1n) is 10.9. The molecule has 1 aliphatic rings. The van der Waals surface area contributed by atoms with Gasteiger partial charge in [-0.05, 0) is 112 Å². The third-order valence-electron chi connectivity index (χ3n) is 5.96. The highest BCUT2D eigenvalue weighted by atomic mass is 79.9. The van der Waals surface area contributed by atoms with E-state index in [1.807, 2.05) is 0 Å². The summed E-state index contributed by atoms with van der Waals surface area (Å²) in [7, 11) is 0. The van der Waals surface area contributed by atoms with Gasteiger partial charge in [-0.2, -0.15) is 0 Å². The molecule has 10 heteroatoms. The summed E-state index contributed by atoms with van der Waals surface area (Å²) in [5, 5.41) is 1.67. The average Bonchev–Trinajstić information content (AvgIpc) is 2.82. The molecule has 2 aromatic rings. The van der Waals surface area contributed by atoms with Gasteiger partial charge in [0.15, 0.2) is 0 Å². The van der Waals surface area contributed by atoms with Crippen LogP contribution in [0.15, 0.2) is 42.2 Å². The van der Waals surface area contributed by atoms with Crippen LogP contribution in [-0.2, 0) is 5.41 Å². The van der Waals surface area contributed by atoms with E-state index < -0.39 is 0 Å². The molecule has 0 aliphatic heterocycles. The third kappa shape index (κ3) is 7.50. The van der Waals surface area contributed by atoms with Gasteiger partial charge in [0.25, 0.3) is 0 Å². The molecule has 2 nitrogen and oxygen atoms in total. The van der Waals surface area contributed by atoms with E-state index >= 15 is 0 Å². The summed E-state index contributed by atoms with van der Waals surface area (Å²) in [4.78, 5) is 0.501. The van der Waals surface area contributed by atoms with Gasteiger partial charge >= 0.3 is 0 Å². The van der Waals surface area contributed by atoms with E-state index in [9.17, 15) is 0 Å². The highest BCUT2D eigenvalue weighted by Gasteiger charge is 2.37. The van der Waals surface area contributed by atoms with Crippen LogP contribution in [0.3, 0.4) is 0 Å². The second-order valence-corrected chi connectivity index (χ2v) is 15.6. The van der Waals surface area contributed by atoms with Crippen LogP contribution in [-0.4, -0.2) is 33.5 Å². The molecule has 0 aromatic heterocycles. The van der Waals surface area contributed by atoms with E-state index in [-0.39, 0.29) is 15.1 Å².